The molecule has 0 bridgehead atoms. The van der Waals surface area contributed by atoms with E-state index < -0.39 is 0 Å². The Morgan fingerprint density at radius 1 is 0.905 bits per heavy atom. The molecule has 1 fully saturated rings. The molecule has 1 N–H and O–H groups in total. The number of rotatable bonds is 11. The van der Waals surface area contributed by atoms with Crippen molar-refractivity contribution in [1.29, 1.82) is 0 Å². The van der Waals surface area contributed by atoms with Gasteiger partial charge in [-0.1, -0.05) is 120 Å². The van der Waals surface area contributed by atoms with E-state index in [4.69, 9.17) is 0 Å². The summed E-state index contributed by atoms with van der Waals surface area (Å²) >= 11 is 0. The van der Waals surface area contributed by atoms with Gasteiger partial charge in [0.15, 0.2) is 0 Å². The molecule has 0 aromatic heterocycles. The van der Waals surface area contributed by atoms with Gasteiger partial charge in [0, 0.05) is 17.2 Å². The molecule has 0 spiro atoms. The van der Waals surface area contributed by atoms with Crippen molar-refractivity contribution in [3.05, 3.63) is 113 Å². The number of nitrogens with zero attached hydrogens (tertiary/aromatic N) is 1. The molecule has 3 aromatic rings. The predicted molar refractivity (Wildman–Crippen MR) is 181 cm³/mol. The van der Waals surface area contributed by atoms with Crippen molar-refractivity contribution in [2.45, 2.75) is 85.1 Å². The van der Waals surface area contributed by atoms with Crippen molar-refractivity contribution in [1.82, 2.24) is 5.32 Å². The van der Waals surface area contributed by atoms with Gasteiger partial charge >= 0.3 is 0 Å². The van der Waals surface area contributed by atoms with Crippen LogP contribution in [0.2, 0.25) is 0 Å². The maximum absolute atomic E-state index is 13.1. The summed E-state index contributed by atoms with van der Waals surface area (Å²) in [7, 11) is 2.06. The first-order valence-electron chi connectivity index (χ1n) is 16.3. The van der Waals surface area contributed by atoms with Crippen LogP contribution in [-0.2, 0) is 13.0 Å². The van der Waals surface area contributed by atoms with Gasteiger partial charge in [0.2, 0.25) is 0 Å². The highest BCUT2D eigenvalue weighted by atomic mass is 19.1. The van der Waals surface area contributed by atoms with Crippen LogP contribution in [0.4, 0.5) is 4.39 Å². The third-order valence-corrected chi connectivity index (χ3v) is 8.67. The molecule has 5 rings (SSSR count). The second-order valence-corrected chi connectivity index (χ2v) is 11.8. The molecular weight excluding hydrogens is 515 g/mol. The molecule has 2 aliphatic rings. The minimum atomic E-state index is -0.150. The minimum Gasteiger partial charge on any atom is -0.319 e. The van der Waals surface area contributed by atoms with E-state index in [2.05, 4.69) is 93.2 Å². The van der Waals surface area contributed by atoms with Crippen LogP contribution in [0.3, 0.4) is 0 Å². The molecule has 226 valence electrons. The summed E-state index contributed by atoms with van der Waals surface area (Å²) in [6.45, 7) is 12.4. The summed E-state index contributed by atoms with van der Waals surface area (Å²) in [5.41, 5.74) is 7.31. The second-order valence-electron chi connectivity index (χ2n) is 11.8. The normalized spacial score (nSPS) is 17.0. The van der Waals surface area contributed by atoms with E-state index in [0.29, 0.717) is 12.5 Å². The van der Waals surface area contributed by atoms with Gasteiger partial charge in [-0.15, -0.1) is 0 Å². The van der Waals surface area contributed by atoms with Crippen molar-refractivity contribution >= 4 is 11.8 Å². The predicted octanol–water partition coefficient (Wildman–Crippen LogP) is 10.3. The first-order chi connectivity index (χ1) is 20.5. The van der Waals surface area contributed by atoms with Crippen LogP contribution in [-0.4, -0.2) is 19.3 Å². The molecular formula is C39H53FN2. The third-order valence-electron chi connectivity index (χ3n) is 8.67. The van der Waals surface area contributed by atoms with Crippen molar-refractivity contribution in [3.8, 4) is 0 Å². The van der Waals surface area contributed by atoms with E-state index in [1.165, 1.54) is 85.9 Å². The first kappa shape index (κ1) is 33.5. The Balaban J connectivity index is 0.000000179. The molecule has 0 radical (unpaired) electrons. The van der Waals surface area contributed by atoms with Gasteiger partial charge in [0.05, 0.1) is 6.54 Å². The lowest BCUT2D eigenvalue weighted by molar-refractivity contribution is 0.367. The van der Waals surface area contributed by atoms with Gasteiger partial charge in [-0.05, 0) is 91.6 Å². The lowest BCUT2D eigenvalue weighted by Gasteiger charge is -2.16. The average molecular weight is 569 g/mol. The first-order valence-corrected chi connectivity index (χ1v) is 16.3. The molecule has 1 aliphatic carbocycles. The lowest BCUT2D eigenvalue weighted by atomic mass is 9.88. The monoisotopic (exact) mass is 568 g/mol. The van der Waals surface area contributed by atoms with E-state index in [-0.39, 0.29) is 5.82 Å². The SMILES string of the molecule is C=Cc1cccc(Cc2ccccc2)c1.CCC1CCCC1CNC.CCCC(CCC)C1=NCc2cc(F)ccc21. The minimum absolute atomic E-state index is 0.150. The number of aliphatic imine (C=N–C) groups is 1. The molecule has 42 heavy (non-hydrogen) atoms. The molecule has 1 heterocycles. The van der Waals surface area contributed by atoms with Gasteiger partial charge < -0.3 is 5.32 Å². The summed E-state index contributed by atoms with van der Waals surface area (Å²) in [5, 5.41) is 3.27. The Kier molecular flexibility index (Phi) is 14.7. The number of halogens is 1. The fourth-order valence-corrected chi connectivity index (χ4v) is 6.51. The Hall–Kier alpha value is -3.04. The van der Waals surface area contributed by atoms with Crippen molar-refractivity contribution < 1.29 is 4.39 Å². The third kappa shape index (κ3) is 10.3. The summed E-state index contributed by atoms with van der Waals surface area (Å²) in [4.78, 5) is 4.63. The quantitative estimate of drug-likeness (QED) is 0.244. The molecule has 2 unspecified atom stereocenters. The van der Waals surface area contributed by atoms with Crippen LogP contribution in [0.1, 0.15) is 100.0 Å². The van der Waals surface area contributed by atoms with Gasteiger partial charge in [-0.25, -0.2) is 4.39 Å². The zero-order valence-electron chi connectivity index (χ0n) is 26.5. The van der Waals surface area contributed by atoms with Crippen LogP contribution in [0, 0.1) is 23.6 Å². The maximum Gasteiger partial charge on any atom is 0.123 e. The second kappa shape index (κ2) is 18.5. The van der Waals surface area contributed by atoms with Crippen LogP contribution in [0.25, 0.3) is 6.08 Å². The summed E-state index contributed by atoms with van der Waals surface area (Å²) in [6, 6.07) is 24.1. The van der Waals surface area contributed by atoms with Crippen LogP contribution in [0.15, 0.2) is 84.4 Å². The molecule has 3 heteroatoms. The summed E-state index contributed by atoms with van der Waals surface area (Å²) < 4.78 is 13.1. The zero-order valence-corrected chi connectivity index (χ0v) is 26.5. The number of nitrogens with one attached hydrogen (secondary N) is 1. The molecule has 2 atom stereocenters. The number of fused-ring (bicyclic) bond motifs is 1. The number of hydrogen-bond donors (Lipinski definition) is 1. The highest BCUT2D eigenvalue weighted by Gasteiger charge is 2.24. The van der Waals surface area contributed by atoms with Gasteiger partial charge in [0.1, 0.15) is 5.82 Å². The summed E-state index contributed by atoms with van der Waals surface area (Å²) in [5.74, 6) is 2.40. The lowest BCUT2D eigenvalue weighted by Crippen LogP contribution is -2.21. The maximum atomic E-state index is 13.1. The number of hydrogen-bond acceptors (Lipinski definition) is 2. The molecule has 1 aliphatic heterocycles. The van der Waals surface area contributed by atoms with Crippen LogP contribution in [0.5, 0.6) is 0 Å². The van der Waals surface area contributed by atoms with Crippen molar-refractivity contribution in [2.24, 2.45) is 22.7 Å². The fourth-order valence-electron chi connectivity index (χ4n) is 6.51. The van der Waals surface area contributed by atoms with Crippen LogP contribution < -0.4 is 5.32 Å². The van der Waals surface area contributed by atoms with E-state index in [9.17, 15) is 4.39 Å². The molecule has 0 saturated heterocycles. The Morgan fingerprint density at radius 2 is 1.62 bits per heavy atom. The zero-order chi connectivity index (χ0) is 30.2. The molecule has 1 saturated carbocycles. The smallest absolute Gasteiger partial charge is 0.123 e. The van der Waals surface area contributed by atoms with Crippen LogP contribution >= 0.6 is 0 Å². The molecule has 0 amide bonds. The average Bonchev–Trinajstić information content (AvgIpc) is 3.65. The van der Waals surface area contributed by atoms with E-state index in [0.717, 1.165) is 23.8 Å². The Bertz CT molecular complexity index is 1230. The Labute approximate surface area is 255 Å². The highest BCUT2D eigenvalue weighted by Crippen LogP contribution is 2.33. The summed E-state index contributed by atoms with van der Waals surface area (Å²) in [6.07, 6.45) is 13.4. The molecule has 3 aromatic carbocycles. The van der Waals surface area contributed by atoms with Gasteiger partial charge in [-0.3, -0.25) is 4.99 Å². The topological polar surface area (TPSA) is 24.4 Å². The van der Waals surface area contributed by atoms with Crippen molar-refractivity contribution in [2.75, 3.05) is 13.6 Å². The van der Waals surface area contributed by atoms with E-state index >= 15 is 0 Å². The van der Waals surface area contributed by atoms with Gasteiger partial charge in [-0.2, -0.15) is 0 Å². The van der Waals surface area contributed by atoms with Crippen molar-refractivity contribution in [3.63, 3.8) is 0 Å². The number of benzene rings is 3. The van der Waals surface area contributed by atoms with E-state index in [1.54, 1.807) is 12.1 Å². The standard InChI is InChI=1S/C15H20FN.C15H14.C9H19N/c1-3-5-11(6-4-2)15-14-8-7-13(16)9-12(14)10-17-15;1-2-13-9-6-10-15(11-13)12-14-7-4-3-5-8-14;1-3-8-5-4-6-9(8)7-10-2/h7-9,11H,3-6,10H2,1-2H3;2-11H,1,12H2;8-10H,3-7H2,1-2H3. The Morgan fingerprint density at radius 3 is 2.29 bits per heavy atom. The fraction of sp³-hybridized carbons (Fsp3) is 0.462. The van der Waals surface area contributed by atoms with Gasteiger partial charge in [0.25, 0.3) is 0 Å². The van der Waals surface area contributed by atoms with E-state index in [1.807, 2.05) is 18.2 Å². The molecule has 2 nitrogen and oxygen atoms in total. The largest absolute Gasteiger partial charge is 0.319 e. The highest BCUT2D eigenvalue weighted by molar-refractivity contribution is 6.05.